The lowest BCUT2D eigenvalue weighted by molar-refractivity contribution is 0.0614. The standard InChI is InChI=1S/C18H22N2O4/c1-22-15-6-3-7-16(23-2)17(15)18(21)20-10-8-19(9-11-20)13-14-5-4-12-24-14/h3-7,12H,8-11,13H2,1-2H3. The molecule has 3 rings (SSSR count). The SMILES string of the molecule is COc1cccc(OC)c1C(=O)N1CCN(Cc2ccco2)CC1. The largest absolute Gasteiger partial charge is 0.496 e. The lowest BCUT2D eigenvalue weighted by Crippen LogP contribution is -2.48. The first-order valence-electron chi connectivity index (χ1n) is 7.98. The van der Waals surface area contributed by atoms with Crippen LogP contribution in [0.4, 0.5) is 0 Å². The minimum absolute atomic E-state index is 0.0538. The molecule has 0 saturated carbocycles. The van der Waals surface area contributed by atoms with E-state index < -0.39 is 0 Å². The van der Waals surface area contributed by atoms with E-state index in [1.807, 2.05) is 23.1 Å². The van der Waals surface area contributed by atoms with Crippen molar-refractivity contribution in [3.63, 3.8) is 0 Å². The fraction of sp³-hybridized carbons (Fsp3) is 0.389. The number of ether oxygens (including phenoxy) is 2. The molecule has 1 fully saturated rings. The average Bonchev–Trinajstić information content (AvgIpc) is 3.14. The van der Waals surface area contributed by atoms with Crippen LogP contribution in [-0.2, 0) is 6.54 Å². The summed E-state index contributed by atoms with van der Waals surface area (Å²) in [6, 6.07) is 9.24. The van der Waals surface area contributed by atoms with Crippen molar-refractivity contribution in [2.24, 2.45) is 0 Å². The summed E-state index contributed by atoms with van der Waals surface area (Å²) in [4.78, 5) is 17.0. The number of furan rings is 1. The zero-order chi connectivity index (χ0) is 16.9. The van der Waals surface area contributed by atoms with Gasteiger partial charge in [0.1, 0.15) is 22.8 Å². The highest BCUT2D eigenvalue weighted by molar-refractivity contribution is 5.99. The number of carbonyl (C=O) groups excluding carboxylic acids is 1. The Morgan fingerprint density at radius 3 is 2.25 bits per heavy atom. The first kappa shape index (κ1) is 16.4. The highest BCUT2D eigenvalue weighted by atomic mass is 16.5. The Morgan fingerprint density at radius 2 is 1.71 bits per heavy atom. The van der Waals surface area contributed by atoms with Crippen molar-refractivity contribution < 1.29 is 18.7 Å². The third kappa shape index (κ3) is 3.38. The van der Waals surface area contributed by atoms with Crippen molar-refractivity contribution in [2.45, 2.75) is 6.54 Å². The van der Waals surface area contributed by atoms with Gasteiger partial charge in [-0.15, -0.1) is 0 Å². The number of hydrogen-bond donors (Lipinski definition) is 0. The molecular formula is C18H22N2O4. The molecule has 0 aliphatic carbocycles. The third-order valence-electron chi connectivity index (χ3n) is 4.26. The average molecular weight is 330 g/mol. The van der Waals surface area contributed by atoms with Crippen LogP contribution in [0.25, 0.3) is 0 Å². The van der Waals surface area contributed by atoms with E-state index in [2.05, 4.69) is 4.90 Å². The van der Waals surface area contributed by atoms with Crippen molar-refractivity contribution in [3.8, 4) is 11.5 Å². The fourth-order valence-corrected chi connectivity index (χ4v) is 2.95. The maximum atomic E-state index is 12.9. The van der Waals surface area contributed by atoms with Crippen LogP contribution in [-0.4, -0.2) is 56.1 Å². The summed E-state index contributed by atoms with van der Waals surface area (Å²) < 4.78 is 16.1. The minimum Gasteiger partial charge on any atom is -0.496 e. The predicted octanol–water partition coefficient (Wildman–Crippen LogP) is 2.25. The van der Waals surface area contributed by atoms with Gasteiger partial charge in [-0.3, -0.25) is 9.69 Å². The zero-order valence-electron chi connectivity index (χ0n) is 14.0. The molecule has 0 atom stereocenters. The molecule has 2 heterocycles. The lowest BCUT2D eigenvalue weighted by atomic mass is 10.1. The molecule has 1 aliphatic rings. The van der Waals surface area contributed by atoms with Gasteiger partial charge in [-0.05, 0) is 24.3 Å². The van der Waals surface area contributed by atoms with Crippen LogP contribution < -0.4 is 9.47 Å². The van der Waals surface area contributed by atoms with Gasteiger partial charge in [-0.2, -0.15) is 0 Å². The van der Waals surface area contributed by atoms with E-state index in [0.717, 1.165) is 25.4 Å². The Bertz CT molecular complexity index is 654. The quantitative estimate of drug-likeness (QED) is 0.842. The molecule has 6 nitrogen and oxygen atoms in total. The maximum absolute atomic E-state index is 12.9. The molecule has 0 spiro atoms. The van der Waals surface area contributed by atoms with Crippen LogP contribution in [0.3, 0.4) is 0 Å². The molecule has 24 heavy (non-hydrogen) atoms. The van der Waals surface area contributed by atoms with E-state index in [1.165, 1.54) is 0 Å². The van der Waals surface area contributed by atoms with Gasteiger partial charge in [0.05, 0.1) is 27.0 Å². The van der Waals surface area contributed by atoms with E-state index in [4.69, 9.17) is 13.9 Å². The normalized spacial score (nSPS) is 15.3. The molecule has 0 radical (unpaired) electrons. The number of rotatable bonds is 5. The Hall–Kier alpha value is -2.47. The second kappa shape index (κ2) is 7.40. The van der Waals surface area contributed by atoms with Crippen LogP contribution in [0.5, 0.6) is 11.5 Å². The second-order valence-electron chi connectivity index (χ2n) is 5.69. The Morgan fingerprint density at radius 1 is 1.04 bits per heavy atom. The lowest BCUT2D eigenvalue weighted by Gasteiger charge is -2.34. The molecule has 6 heteroatoms. The smallest absolute Gasteiger partial charge is 0.261 e. The molecule has 0 bridgehead atoms. The van der Waals surface area contributed by atoms with E-state index in [1.54, 1.807) is 32.6 Å². The van der Waals surface area contributed by atoms with Gasteiger partial charge in [-0.1, -0.05) is 6.07 Å². The summed E-state index contributed by atoms with van der Waals surface area (Å²) >= 11 is 0. The van der Waals surface area contributed by atoms with Gasteiger partial charge >= 0.3 is 0 Å². The number of methoxy groups -OCH3 is 2. The van der Waals surface area contributed by atoms with Gasteiger partial charge in [-0.25, -0.2) is 0 Å². The topological polar surface area (TPSA) is 55.2 Å². The third-order valence-corrected chi connectivity index (χ3v) is 4.26. The van der Waals surface area contributed by atoms with Gasteiger partial charge in [0.25, 0.3) is 5.91 Å². The second-order valence-corrected chi connectivity index (χ2v) is 5.69. The van der Waals surface area contributed by atoms with Crippen LogP contribution in [0.1, 0.15) is 16.1 Å². The molecule has 1 aliphatic heterocycles. The van der Waals surface area contributed by atoms with Gasteiger partial charge < -0.3 is 18.8 Å². The summed E-state index contributed by atoms with van der Waals surface area (Å²) in [6.07, 6.45) is 1.68. The molecule has 0 N–H and O–H groups in total. The Kier molecular flexibility index (Phi) is 5.05. The number of nitrogens with zero attached hydrogens (tertiary/aromatic N) is 2. The molecule has 128 valence electrons. The molecule has 0 unspecified atom stereocenters. The van der Waals surface area contributed by atoms with Crippen molar-refractivity contribution in [3.05, 3.63) is 47.9 Å². The first-order chi connectivity index (χ1) is 11.7. The molecule has 1 aromatic heterocycles. The summed E-state index contributed by atoms with van der Waals surface area (Å²) in [6.45, 7) is 3.72. The highest BCUT2D eigenvalue weighted by Gasteiger charge is 2.27. The van der Waals surface area contributed by atoms with Gasteiger partial charge in [0, 0.05) is 26.2 Å². The van der Waals surface area contributed by atoms with Gasteiger partial charge in [0.15, 0.2) is 0 Å². The molecule has 1 amide bonds. The summed E-state index contributed by atoms with van der Waals surface area (Å²) in [5.41, 5.74) is 0.488. The summed E-state index contributed by atoms with van der Waals surface area (Å²) in [7, 11) is 3.12. The number of carbonyl (C=O) groups is 1. The van der Waals surface area contributed by atoms with Crippen LogP contribution in [0.2, 0.25) is 0 Å². The van der Waals surface area contributed by atoms with Crippen molar-refractivity contribution in [1.29, 1.82) is 0 Å². The van der Waals surface area contributed by atoms with Crippen molar-refractivity contribution >= 4 is 5.91 Å². The summed E-state index contributed by atoms with van der Waals surface area (Å²) in [5, 5.41) is 0. The Balaban J connectivity index is 1.67. The highest BCUT2D eigenvalue weighted by Crippen LogP contribution is 2.29. The van der Waals surface area contributed by atoms with Crippen molar-refractivity contribution in [1.82, 2.24) is 9.80 Å². The molecular weight excluding hydrogens is 308 g/mol. The van der Waals surface area contributed by atoms with E-state index in [-0.39, 0.29) is 5.91 Å². The van der Waals surface area contributed by atoms with Crippen molar-refractivity contribution in [2.75, 3.05) is 40.4 Å². The Labute approximate surface area is 141 Å². The molecule has 1 saturated heterocycles. The fourth-order valence-electron chi connectivity index (χ4n) is 2.95. The molecule has 1 aromatic carbocycles. The molecule has 2 aromatic rings. The first-order valence-corrected chi connectivity index (χ1v) is 7.98. The van der Waals surface area contributed by atoms with E-state index in [0.29, 0.717) is 30.2 Å². The summed E-state index contributed by atoms with van der Waals surface area (Å²) in [5.74, 6) is 1.97. The minimum atomic E-state index is -0.0538. The van der Waals surface area contributed by atoms with E-state index >= 15 is 0 Å². The van der Waals surface area contributed by atoms with E-state index in [9.17, 15) is 4.79 Å². The van der Waals surface area contributed by atoms with Crippen LogP contribution in [0.15, 0.2) is 41.0 Å². The number of benzene rings is 1. The monoisotopic (exact) mass is 330 g/mol. The number of hydrogen-bond acceptors (Lipinski definition) is 5. The maximum Gasteiger partial charge on any atom is 0.261 e. The van der Waals surface area contributed by atoms with Gasteiger partial charge in [0.2, 0.25) is 0 Å². The number of amides is 1. The van der Waals surface area contributed by atoms with Crippen LogP contribution in [0, 0.1) is 0 Å². The predicted molar refractivity (Wildman–Crippen MR) is 89.4 cm³/mol. The zero-order valence-corrected chi connectivity index (χ0v) is 14.0. The van der Waals surface area contributed by atoms with Crippen LogP contribution >= 0.6 is 0 Å². The number of piperazine rings is 1.